The first-order chi connectivity index (χ1) is 11.6. The predicted octanol–water partition coefficient (Wildman–Crippen LogP) is 5.16. The summed E-state index contributed by atoms with van der Waals surface area (Å²) in [4.78, 5) is 31.5. The third-order valence-electron chi connectivity index (χ3n) is 4.10. The van der Waals surface area contributed by atoms with E-state index in [9.17, 15) is 9.59 Å². The lowest BCUT2D eigenvalue weighted by Crippen LogP contribution is -2.18. The highest BCUT2D eigenvalue weighted by Gasteiger charge is 2.24. The van der Waals surface area contributed by atoms with Gasteiger partial charge in [0.1, 0.15) is 5.71 Å². The average Bonchev–Trinajstić information content (AvgIpc) is 3.32. The van der Waals surface area contributed by atoms with E-state index in [1.807, 2.05) is 29.6 Å². The van der Waals surface area contributed by atoms with Gasteiger partial charge in [-0.1, -0.05) is 36.9 Å². The zero-order valence-electron chi connectivity index (χ0n) is 13.5. The second kappa shape index (κ2) is 7.85. The standard InChI is InChI=1S/C18H19NO3S2/c1-12(20)22-19-14(11-13-5-2-3-6-13)18(21)17-9-8-16(24-17)15-7-4-10-23-15/h4,7-10,13H,2-3,5-6,11H2,1H3/b19-14-. The lowest BCUT2D eigenvalue weighted by molar-refractivity contribution is -0.140. The molecule has 0 aromatic carbocycles. The predicted molar refractivity (Wildman–Crippen MR) is 97.7 cm³/mol. The molecule has 0 atom stereocenters. The Balaban J connectivity index is 1.79. The van der Waals surface area contributed by atoms with Gasteiger partial charge in [-0.05, 0) is 35.9 Å². The van der Waals surface area contributed by atoms with Gasteiger partial charge in [-0.15, -0.1) is 22.7 Å². The molecule has 2 heterocycles. The van der Waals surface area contributed by atoms with E-state index in [0.29, 0.717) is 22.9 Å². The van der Waals surface area contributed by atoms with E-state index in [2.05, 4.69) is 5.16 Å². The molecule has 0 bridgehead atoms. The van der Waals surface area contributed by atoms with Crippen molar-refractivity contribution >= 4 is 40.1 Å². The van der Waals surface area contributed by atoms with Gasteiger partial charge in [0.15, 0.2) is 0 Å². The molecule has 1 aliphatic rings. The Morgan fingerprint density at radius 3 is 2.67 bits per heavy atom. The lowest BCUT2D eigenvalue weighted by Gasteiger charge is -2.09. The molecule has 3 rings (SSSR count). The van der Waals surface area contributed by atoms with Crippen LogP contribution in [0.1, 0.15) is 48.7 Å². The summed E-state index contributed by atoms with van der Waals surface area (Å²) in [7, 11) is 0. The largest absolute Gasteiger partial charge is 0.331 e. The Kier molecular flexibility index (Phi) is 5.58. The third-order valence-corrected chi connectivity index (χ3v) is 6.25. The SMILES string of the molecule is CC(=O)O/N=C(/CC1CCCC1)C(=O)c1ccc(-c2cccs2)s1. The molecule has 126 valence electrons. The van der Waals surface area contributed by atoms with Gasteiger partial charge < -0.3 is 4.84 Å². The van der Waals surface area contributed by atoms with Gasteiger partial charge in [-0.3, -0.25) is 4.79 Å². The Morgan fingerprint density at radius 1 is 1.21 bits per heavy atom. The van der Waals surface area contributed by atoms with Crippen molar-refractivity contribution in [2.24, 2.45) is 11.1 Å². The molecule has 0 amide bonds. The van der Waals surface area contributed by atoms with E-state index in [4.69, 9.17) is 4.84 Å². The first-order valence-electron chi connectivity index (χ1n) is 8.06. The van der Waals surface area contributed by atoms with Gasteiger partial charge in [0.25, 0.3) is 0 Å². The fourth-order valence-corrected chi connectivity index (χ4v) is 4.73. The van der Waals surface area contributed by atoms with Gasteiger partial charge in [0, 0.05) is 16.7 Å². The minimum absolute atomic E-state index is 0.129. The minimum Gasteiger partial charge on any atom is -0.318 e. The van der Waals surface area contributed by atoms with Crippen LogP contribution in [0.4, 0.5) is 0 Å². The van der Waals surface area contributed by atoms with Crippen molar-refractivity contribution < 1.29 is 14.4 Å². The van der Waals surface area contributed by atoms with E-state index in [1.165, 1.54) is 31.1 Å². The number of oxime groups is 1. The second-order valence-electron chi connectivity index (χ2n) is 5.95. The number of rotatable bonds is 6. The summed E-state index contributed by atoms with van der Waals surface area (Å²) in [5.74, 6) is -0.173. The number of ketones is 1. The molecule has 1 fully saturated rings. The van der Waals surface area contributed by atoms with E-state index in [-0.39, 0.29) is 5.78 Å². The summed E-state index contributed by atoms with van der Waals surface area (Å²) in [6.07, 6.45) is 5.19. The summed E-state index contributed by atoms with van der Waals surface area (Å²) >= 11 is 3.11. The fraction of sp³-hybridized carbons (Fsp3) is 0.389. The molecule has 2 aromatic heterocycles. The maximum Gasteiger partial charge on any atom is 0.331 e. The molecule has 0 aliphatic heterocycles. The Labute approximate surface area is 149 Å². The third kappa shape index (κ3) is 4.19. The van der Waals surface area contributed by atoms with Gasteiger partial charge in [0.2, 0.25) is 5.78 Å². The van der Waals surface area contributed by atoms with Gasteiger partial charge >= 0.3 is 5.97 Å². The Bertz CT molecular complexity index is 740. The lowest BCUT2D eigenvalue weighted by atomic mass is 9.98. The summed E-state index contributed by atoms with van der Waals surface area (Å²) in [6.45, 7) is 1.29. The number of hydrogen-bond acceptors (Lipinski definition) is 6. The number of carbonyl (C=O) groups excluding carboxylic acids is 2. The van der Waals surface area contributed by atoms with Crippen LogP contribution in [-0.2, 0) is 9.63 Å². The first kappa shape index (κ1) is 17.0. The van der Waals surface area contributed by atoms with Crippen molar-refractivity contribution in [2.45, 2.75) is 39.0 Å². The number of carbonyl (C=O) groups is 2. The van der Waals surface area contributed by atoms with Crippen LogP contribution in [-0.4, -0.2) is 17.5 Å². The van der Waals surface area contributed by atoms with Gasteiger partial charge in [0.05, 0.1) is 4.88 Å². The molecule has 6 heteroatoms. The number of Topliss-reactive ketones (excluding diaryl/α,β-unsaturated/α-hetero) is 1. The molecule has 0 unspecified atom stereocenters. The summed E-state index contributed by atoms with van der Waals surface area (Å²) in [5.41, 5.74) is 0.358. The van der Waals surface area contributed by atoms with E-state index >= 15 is 0 Å². The first-order valence-corrected chi connectivity index (χ1v) is 9.76. The molecule has 0 spiro atoms. The maximum atomic E-state index is 12.8. The van der Waals surface area contributed by atoms with Crippen molar-refractivity contribution in [1.29, 1.82) is 0 Å². The zero-order valence-corrected chi connectivity index (χ0v) is 15.1. The monoisotopic (exact) mass is 361 g/mol. The molecule has 24 heavy (non-hydrogen) atoms. The molecular weight excluding hydrogens is 342 g/mol. The van der Waals surface area contributed by atoms with Crippen LogP contribution in [0.3, 0.4) is 0 Å². The topological polar surface area (TPSA) is 55.7 Å². The summed E-state index contributed by atoms with van der Waals surface area (Å²) in [6, 6.07) is 7.83. The number of nitrogens with zero attached hydrogens (tertiary/aromatic N) is 1. The quantitative estimate of drug-likeness (QED) is 0.309. The summed E-state index contributed by atoms with van der Waals surface area (Å²) < 4.78 is 0. The molecule has 1 aliphatic carbocycles. The van der Waals surface area contributed by atoms with Crippen molar-refractivity contribution in [2.75, 3.05) is 0 Å². The normalized spacial score (nSPS) is 15.6. The highest BCUT2D eigenvalue weighted by atomic mass is 32.1. The Hall–Kier alpha value is -1.79. The smallest absolute Gasteiger partial charge is 0.318 e. The number of thiophene rings is 2. The van der Waals surface area contributed by atoms with Gasteiger partial charge in [-0.2, -0.15) is 0 Å². The molecular formula is C18H19NO3S2. The van der Waals surface area contributed by atoms with E-state index in [0.717, 1.165) is 22.6 Å². The van der Waals surface area contributed by atoms with Crippen LogP contribution in [0.25, 0.3) is 9.75 Å². The van der Waals surface area contributed by atoms with Crippen LogP contribution in [0.15, 0.2) is 34.8 Å². The number of hydrogen-bond donors (Lipinski definition) is 0. The molecule has 2 aromatic rings. The fourth-order valence-electron chi connectivity index (χ4n) is 2.93. The van der Waals surface area contributed by atoms with Crippen molar-refractivity contribution in [3.05, 3.63) is 34.5 Å². The highest BCUT2D eigenvalue weighted by Crippen LogP contribution is 2.33. The molecule has 0 radical (unpaired) electrons. The van der Waals surface area contributed by atoms with Crippen LogP contribution in [0.2, 0.25) is 0 Å². The zero-order chi connectivity index (χ0) is 16.9. The second-order valence-corrected chi connectivity index (χ2v) is 7.98. The Morgan fingerprint density at radius 2 is 2.00 bits per heavy atom. The van der Waals surface area contributed by atoms with E-state index in [1.54, 1.807) is 11.3 Å². The highest BCUT2D eigenvalue weighted by molar-refractivity contribution is 7.22. The van der Waals surface area contributed by atoms with E-state index < -0.39 is 5.97 Å². The molecule has 0 N–H and O–H groups in total. The van der Waals surface area contributed by atoms with Crippen LogP contribution in [0, 0.1) is 5.92 Å². The van der Waals surface area contributed by atoms with Crippen molar-refractivity contribution in [3.8, 4) is 9.75 Å². The van der Waals surface area contributed by atoms with Crippen molar-refractivity contribution in [3.63, 3.8) is 0 Å². The average molecular weight is 361 g/mol. The van der Waals surface area contributed by atoms with Crippen LogP contribution < -0.4 is 0 Å². The van der Waals surface area contributed by atoms with Crippen molar-refractivity contribution in [1.82, 2.24) is 0 Å². The van der Waals surface area contributed by atoms with Crippen LogP contribution >= 0.6 is 22.7 Å². The molecule has 0 saturated heterocycles. The molecule has 1 saturated carbocycles. The maximum absolute atomic E-state index is 12.8. The molecule has 4 nitrogen and oxygen atoms in total. The van der Waals surface area contributed by atoms with Gasteiger partial charge in [-0.25, -0.2) is 4.79 Å². The summed E-state index contributed by atoms with van der Waals surface area (Å²) in [5, 5.41) is 5.88. The minimum atomic E-state index is -0.503. The van der Waals surface area contributed by atoms with Crippen LogP contribution in [0.5, 0.6) is 0 Å².